The largest absolute Gasteiger partial charge is 0.481 e. The number of carboxylic acid groups (broad SMARTS) is 1. The molecule has 1 saturated heterocycles. The van der Waals surface area contributed by atoms with Crippen LogP contribution in [0.1, 0.15) is 46.5 Å². The van der Waals surface area contributed by atoms with Crippen LogP contribution >= 0.6 is 0 Å². The molecule has 5 nitrogen and oxygen atoms in total. The maximum absolute atomic E-state index is 12.1. The molecular formula is C14H25NO4. The Labute approximate surface area is 114 Å². The smallest absolute Gasteiger partial charge is 0.309 e. The fraction of sp³-hybridized carbons (Fsp3) is 0.857. The van der Waals surface area contributed by atoms with Crippen LogP contribution in [0.2, 0.25) is 0 Å². The second-order valence-corrected chi connectivity index (χ2v) is 5.96. The van der Waals surface area contributed by atoms with E-state index in [-0.39, 0.29) is 5.91 Å². The van der Waals surface area contributed by atoms with Crippen molar-refractivity contribution in [2.75, 3.05) is 20.2 Å². The molecule has 1 N–H and O–H groups in total. The fourth-order valence-electron chi connectivity index (χ4n) is 2.45. The Balaban J connectivity index is 2.59. The lowest BCUT2D eigenvalue weighted by Crippen LogP contribution is -2.47. The molecule has 0 atom stereocenters. The van der Waals surface area contributed by atoms with E-state index in [2.05, 4.69) is 0 Å². The number of ether oxygens (including phenoxy) is 1. The molecule has 0 bridgehead atoms. The van der Waals surface area contributed by atoms with E-state index < -0.39 is 17.0 Å². The van der Waals surface area contributed by atoms with E-state index in [4.69, 9.17) is 4.74 Å². The van der Waals surface area contributed by atoms with Crippen molar-refractivity contribution in [1.29, 1.82) is 0 Å². The summed E-state index contributed by atoms with van der Waals surface area (Å²) in [6.07, 6.45) is 2.03. The molecular weight excluding hydrogens is 246 g/mol. The van der Waals surface area contributed by atoms with E-state index in [0.29, 0.717) is 38.8 Å². The summed E-state index contributed by atoms with van der Waals surface area (Å²) in [6, 6.07) is 0. The van der Waals surface area contributed by atoms with Gasteiger partial charge < -0.3 is 14.7 Å². The van der Waals surface area contributed by atoms with Gasteiger partial charge in [0.15, 0.2) is 0 Å². The van der Waals surface area contributed by atoms with E-state index in [9.17, 15) is 14.7 Å². The van der Waals surface area contributed by atoms with E-state index in [1.165, 1.54) is 0 Å². The zero-order valence-electron chi connectivity index (χ0n) is 12.4. The highest BCUT2D eigenvalue weighted by atomic mass is 16.5. The topological polar surface area (TPSA) is 66.8 Å². The van der Waals surface area contributed by atoms with Gasteiger partial charge in [-0.1, -0.05) is 6.92 Å². The number of amides is 1. The second kappa shape index (κ2) is 5.90. The minimum Gasteiger partial charge on any atom is -0.481 e. The monoisotopic (exact) mass is 271 g/mol. The van der Waals surface area contributed by atoms with Crippen molar-refractivity contribution in [2.45, 2.75) is 52.1 Å². The van der Waals surface area contributed by atoms with Gasteiger partial charge in [0.2, 0.25) is 5.91 Å². The van der Waals surface area contributed by atoms with Crippen LogP contribution in [0, 0.1) is 5.41 Å². The van der Waals surface area contributed by atoms with Gasteiger partial charge in [-0.2, -0.15) is 0 Å². The normalized spacial score (nSPS) is 19.3. The Hall–Kier alpha value is -1.10. The molecule has 110 valence electrons. The molecule has 1 rings (SSSR count). The summed E-state index contributed by atoms with van der Waals surface area (Å²) in [7, 11) is 1.59. The predicted octanol–water partition coefficient (Wildman–Crippen LogP) is 1.90. The van der Waals surface area contributed by atoms with Crippen LogP contribution < -0.4 is 0 Å². The third-order valence-electron chi connectivity index (χ3n) is 4.33. The predicted molar refractivity (Wildman–Crippen MR) is 71.9 cm³/mol. The van der Waals surface area contributed by atoms with Crippen molar-refractivity contribution in [3.8, 4) is 0 Å². The van der Waals surface area contributed by atoms with E-state index in [1.54, 1.807) is 12.0 Å². The van der Waals surface area contributed by atoms with Gasteiger partial charge >= 0.3 is 5.97 Å². The molecule has 0 aromatic rings. The van der Waals surface area contributed by atoms with Gasteiger partial charge in [0.1, 0.15) is 0 Å². The van der Waals surface area contributed by atoms with Gasteiger partial charge in [-0.3, -0.25) is 9.59 Å². The molecule has 1 heterocycles. The molecule has 0 unspecified atom stereocenters. The molecule has 1 aliphatic rings. The summed E-state index contributed by atoms with van der Waals surface area (Å²) >= 11 is 0. The number of carbonyl (C=O) groups excluding carboxylic acids is 1. The van der Waals surface area contributed by atoms with Crippen LogP contribution in [0.4, 0.5) is 0 Å². The lowest BCUT2D eigenvalue weighted by molar-refractivity contribution is -0.155. The number of likely N-dealkylation sites (tertiary alicyclic amines) is 1. The standard InChI is InChI=1S/C14H25NO4/c1-5-14(12(17)18)6-8-15(9-7-14)11(16)10-13(2,3)19-4/h5-10H2,1-4H3,(H,17,18). The van der Waals surface area contributed by atoms with Gasteiger partial charge in [-0.25, -0.2) is 0 Å². The Bertz CT molecular complexity index is 343. The lowest BCUT2D eigenvalue weighted by Gasteiger charge is -2.39. The minimum absolute atomic E-state index is 0.0435. The number of aliphatic carboxylic acids is 1. The maximum Gasteiger partial charge on any atom is 0.309 e. The number of methoxy groups -OCH3 is 1. The van der Waals surface area contributed by atoms with Crippen molar-refractivity contribution < 1.29 is 19.4 Å². The summed E-state index contributed by atoms with van der Waals surface area (Å²) in [5.74, 6) is -0.693. The van der Waals surface area contributed by atoms with Crippen molar-refractivity contribution in [3.63, 3.8) is 0 Å². The highest BCUT2D eigenvalue weighted by Crippen LogP contribution is 2.35. The number of carbonyl (C=O) groups is 2. The molecule has 0 aliphatic carbocycles. The van der Waals surface area contributed by atoms with E-state index >= 15 is 0 Å². The van der Waals surface area contributed by atoms with Gasteiger partial charge in [-0.05, 0) is 33.1 Å². The highest BCUT2D eigenvalue weighted by Gasteiger charge is 2.41. The third-order valence-corrected chi connectivity index (χ3v) is 4.33. The number of carboxylic acids is 1. The summed E-state index contributed by atoms with van der Waals surface area (Å²) in [4.78, 5) is 25.2. The summed E-state index contributed by atoms with van der Waals surface area (Å²) in [5, 5.41) is 9.31. The molecule has 0 spiro atoms. The Kier molecular flexibility index (Phi) is 4.96. The van der Waals surface area contributed by atoms with Crippen LogP contribution in [-0.2, 0) is 14.3 Å². The lowest BCUT2D eigenvalue weighted by atomic mass is 9.76. The number of hydrogen-bond acceptors (Lipinski definition) is 3. The summed E-state index contributed by atoms with van der Waals surface area (Å²) < 4.78 is 5.26. The Morgan fingerprint density at radius 3 is 2.21 bits per heavy atom. The van der Waals surface area contributed by atoms with Crippen molar-refractivity contribution in [2.24, 2.45) is 5.41 Å². The molecule has 1 aliphatic heterocycles. The zero-order chi connectivity index (χ0) is 14.7. The van der Waals surface area contributed by atoms with Gasteiger partial charge in [0.05, 0.1) is 17.4 Å². The third kappa shape index (κ3) is 3.69. The molecule has 0 radical (unpaired) electrons. The number of nitrogens with zero attached hydrogens (tertiary/aromatic N) is 1. The Morgan fingerprint density at radius 1 is 1.32 bits per heavy atom. The SMILES string of the molecule is CCC1(C(=O)O)CCN(C(=O)CC(C)(C)OC)CC1. The number of piperidine rings is 1. The zero-order valence-corrected chi connectivity index (χ0v) is 12.4. The molecule has 1 fully saturated rings. The van der Waals surface area contributed by atoms with E-state index in [1.807, 2.05) is 20.8 Å². The first-order chi connectivity index (χ1) is 8.76. The molecule has 0 aromatic carbocycles. The average molecular weight is 271 g/mol. The van der Waals surface area contributed by atoms with Crippen LogP contribution in [0.5, 0.6) is 0 Å². The van der Waals surface area contributed by atoms with Crippen molar-refractivity contribution in [3.05, 3.63) is 0 Å². The Morgan fingerprint density at radius 2 is 1.84 bits per heavy atom. The first-order valence-electron chi connectivity index (χ1n) is 6.83. The fourth-order valence-corrected chi connectivity index (χ4v) is 2.45. The number of rotatable bonds is 5. The average Bonchev–Trinajstić information content (AvgIpc) is 2.38. The van der Waals surface area contributed by atoms with Crippen molar-refractivity contribution in [1.82, 2.24) is 4.90 Å². The quantitative estimate of drug-likeness (QED) is 0.829. The summed E-state index contributed by atoms with van der Waals surface area (Å²) in [5.41, 5.74) is -1.11. The number of hydrogen-bond donors (Lipinski definition) is 1. The van der Waals surface area contributed by atoms with Crippen LogP contribution in [0.25, 0.3) is 0 Å². The molecule has 0 aromatic heterocycles. The first-order valence-corrected chi connectivity index (χ1v) is 6.83. The van der Waals surface area contributed by atoms with Crippen LogP contribution in [-0.4, -0.2) is 47.7 Å². The maximum atomic E-state index is 12.1. The first kappa shape index (κ1) is 16.0. The molecule has 1 amide bonds. The van der Waals surface area contributed by atoms with Crippen LogP contribution in [0.3, 0.4) is 0 Å². The summed E-state index contributed by atoms with van der Waals surface area (Å²) in [6.45, 7) is 6.71. The second-order valence-electron chi connectivity index (χ2n) is 5.96. The van der Waals surface area contributed by atoms with Crippen molar-refractivity contribution >= 4 is 11.9 Å². The molecule has 19 heavy (non-hydrogen) atoms. The molecule has 0 saturated carbocycles. The minimum atomic E-state index is -0.737. The van der Waals surface area contributed by atoms with Gasteiger partial charge in [-0.15, -0.1) is 0 Å². The highest BCUT2D eigenvalue weighted by molar-refractivity contribution is 5.79. The van der Waals surface area contributed by atoms with E-state index in [0.717, 1.165) is 0 Å². The van der Waals surface area contributed by atoms with Gasteiger partial charge in [0, 0.05) is 20.2 Å². The molecule has 5 heteroatoms. The van der Waals surface area contributed by atoms with Crippen LogP contribution in [0.15, 0.2) is 0 Å². The van der Waals surface area contributed by atoms with Gasteiger partial charge in [0.25, 0.3) is 0 Å².